The summed E-state index contributed by atoms with van der Waals surface area (Å²) in [7, 11) is 0. The number of rotatable bonds is 7. The summed E-state index contributed by atoms with van der Waals surface area (Å²) in [5.74, 6) is 1.28. The molecule has 2 N–H and O–H groups in total. The summed E-state index contributed by atoms with van der Waals surface area (Å²) in [4.78, 5) is 0. The van der Waals surface area contributed by atoms with Crippen LogP contribution in [0.2, 0.25) is 10.0 Å². The molecule has 2 rings (SSSR count). The lowest BCUT2D eigenvalue weighted by Crippen LogP contribution is -2.32. The number of aliphatic hydroxyl groups is 1. The van der Waals surface area contributed by atoms with E-state index in [1.807, 2.05) is 19.1 Å². The van der Waals surface area contributed by atoms with Gasteiger partial charge in [0.2, 0.25) is 0 Å². The topological polar surface area (TPSA) is 54.6 Å². The van der Waals surface area contributed by atoms with Crippen LogP contribution in [0.1, 0.15) is 18.7 Å². The van der Waals surface area contributed by atoms with E-state index in [-0.39, 0.29) is 12.6 Å². The molecule has 21 heavy (non-hydrogen) atoms. The van der Waals surface area contributed by atoms with Crippen LogP contribution < -0.4 is 10.1 Å². The van der Waals surface area contributed by atoms with Gasteiger partial charge in [-0.25, -0.2) is 0 Å². The second-order valence-corrected chi connectivity index (χ2v) is 5.53. The quantitative estimate of drug-likeness (QED) is 0.813. The Morgan fingerprint density at radius 1 is 1.33 bits per heavy atom. The van der Waals surface area contributed by atoms with Crippen LogP contribution in [-0.4, -0.2) is 24.4 Å². The average Bonchev–Trinajstić information content (AvgIpc) is 3.00. The molecule has 0 bridgehead atoms. The fraction of sp³-hybridized carbons (Fsp3) is 0.333. The fourth-order valence-electron chi connectivity index (χ4n) is 1.78. The van der Waals surface area contributed by atoms with Crippen LogP contribution in [0.3, 0.4) is 0 Å². The molecule has 6 heteroatoms. The van der Waals surface area contributed by atoms with Crippen molar-refractivity contribution in [2.75, 3.05) is 13.2 Å². The third kappa shape index (κ3) is 4.93. The first-order valence-electron chi connectivity index (χ1n) is 6.59. The molecule has 0 spiro atoms. The molecule has 4 nitrogen and oxygen atoms in total. The van der Waals surface area contributed by atoms with Crippen molar-refractivity contribution in [2.24, 2.45) is 0 Å². The molecule has 0 aliphatic carbocycles. The van der Waals surface area contributed by atoms with E-state index >= 15 is 0 Å². The Morgan fingerprint density at radius 3 is 2.86 bits per heavy atom. The number of benzene rings is 1. The Balaban J connectivity index is 1.77. The van der Waals surface area contributed by atoms with E-state index in [1.54, 1.807) is 24.5 Å². The molecule has 0 saturated heterocycles. The molecule has 2 atom stereocenters. The first-order valence-corrected chi connectivity index (χ1v) is 7.34. The Labute approximate surface area is 133 Å². The Kier molecular flexibility index (Phi) is 5.94. The molecule has 1 aromatic carbocycles. The van der Waals surface area contributed by atoms with Crippen molar-refractivity contribution in [2.45, 2.75) is 19.1 Å². The average molecular weight is 330 g/mol. The van der Waals surface area contributed by atoms with Crippen molar-refractivity contribution in [3.63, 3.8) is 0 Å². The van der Waals surface area contributed by atoms with Crippen molar-refractivity contribution in [3.8, 4) is 5.75 Å². The summed E-state index contributed by atoms with van der Waals surface area (Å²) in [6.07, 6.45) is 0.950. The zero-order chi connectivity index (χ0) is 15.2. The summed E-state index contributed by atoms with van der Waals surface area (Å²) >= 11 is 11.8. The molecule has 0 saturated carbocycles. The number of furan rings is 1. The minimum atomic E-state index is -0.669. The molecule has 1 aromatic heterocycles. The van der Waals surface area contributed by atoms with Gasteiger partial charge >= 0.3 is 0 Å². The van der Waals surface area contributed by atoms with E-state index in [1.165, 1.54) is 0 Å². The van der Waals surface area contributed by atoms with Crippen LogP contribution in [0.5, 0.6) is 5.75 Å². The van der Waals surface area contributed by atoms with Gasteiger partial charge in [-0.2, -0.15) is 0 Å². The third-order valence-corrected chi connectivity index (χ3v) is 3.50. The van der Waals surface area contributed by atoms with E-state index in [9.17, 15) is 5.11 Å². The second-order valence-electron chi connectivity index (χ2n) is 4.68. The minimum absolute atomic E-state index is 0.0180. The molecule has 114 valence electrons. The normalized spacial score (nSPS) is 13.9. The maximum atomic E-state index is 9.92. The number of aliphatic hydroxyl groups excluding tert-OH is 1. The van der Waals surface area contributed by atoms with Gasteiger partial charge in [0.1, 0.15) is 24.2 Å². The van der Waals surface area contributed by atoms with E-state index in [4.69, 9.17) is 32.4 Å². The van der Waals surface area contributed by atoms with Gasteiger partial charge in [0.05, 0.1) is 17.3 Å². The maximum Gasteiger partial charge on any atom is 0.139 e. The molecular formula is C15H17Cl2NO3. The highest BCUT2D eigenvalue weighted by molar-refractivity contribution is 6.34. The predicted octanol–water partition coefficient (Wildman–Crippen LogP) is 3.68. The number of hydrogen-bond donors (Lipinski definition) is 2. The van der Waals surface area contributed by atoms with E-state index < -0.39 is 6.10 Å². The van der Waals surface area contributed by atoms with Crippen LogP contribution in [0.25, 0.3) is 0 Å². The monoisotopic (exact) mass is 329 g/mol. The van der Waals surface area contributed by atoms with E-state index in [0.717, 1.165) is 5.76 Å². The summed E-state index contributed by atoms with van der Waals surface area (Å²) in [5.41, 5.74) is 0. The molecule has 0 aliphatic heterocycles. The lowest BCUT2D eigenvalue weighted by molar-refractivity contribution is 0.103. The molecule has 0 fully saturated rings. The number of halogens is 2. The predicted molar refractivity (Wildman–Crippen MR) is 83.1 cm³/mol. The van der Waals surface area contributed by atoms with E-state index in [0.29, 0.717) is 22.3 Å². The van der Waals surface area contributed by atoms with Gasteiger partial charge in [-0.3, -0.25) is 0 Å². The largest absolute Gasteiger partial charge is 0.489 e. The highest BCUT2D eigenvalue weighted by atomic mass is 35.5. The van der Waals surface area contributed by atoms with Gasteiger partial charge in [0.25, 0.3) is 0 Å². The van der Waals surface area contributed by atoms with Crippen LogP contribution in [0, 0.1) is 0 Å². The maximum absolute atomic E-state index is 9.92. The molecule has 1 heterocycles. The SMILES string of the molecule is CC(NCC(O)COc1cc(Cl)ccc1Cl)c1ccco1. The molecule has 0 amide bonds. The first kappa shape index (κ1) is 16.2. The highest BCUT2D eigenvalue weighted by Gasteiger charge is 2.12. The summed E-state index contributed by atoms with van der Waals surface area (Å²) in [6.45, 7) is 2.46. The van der Waals surface area contributed by atoms with Crippen LogP contribution in [0.4, 0.5) is 0 Å². The second kappa shape index (κ2) is 7.71. The third-order valence-electron chi connectivity index (χ3n) is 2.95. The molecule has 0 radical (unpaired) electrons. The van der Waals surface area contributed by atoms with Crippen LogP contribution in [0.15, 0.2) is 41.0 Å². The first-order chi connectivity index (χ1) is 10.1. The van der Waals surface area contributed by atoms with Crippen molar-refractivity contribution in [1.29, 1.82) is 0 Å². The standard InChI is InChI=1S/C15H17Cl2NO3/c1-10(14-3-2-6-20-14)18-8-12(19)9-21-15-7-11(16)4-5-13(15)17/h2-7,10,12,18-19H,8-9H2,1H3. The Bertz CT molecular complexity index is 560. The van der Waals surface area contributed by atoms with Gasteiger partial charge in [-0.05, 0) is 31.2 Å². The smallest absolute Gasteiger partial charge is 0.139 e. The van der Waals surface area contributed by atoms with Crippen LogP contribution >= 0.6 is 23.2 Å². The Hall–Kier alpha value is -1.20. The summed E-state index contributed by atoms with van der Waals surface area (Å²) < 4.78 is 10.8. The number of ether oxygens (including phenoxy) is 1. The van der Waals surface area contributed by atoms with Gasteiger partial charge in [-0.1, -0.05) is 23.2 Å². The lowest BCUT2D eigenvalue weighted by Gasteiger charge is -2.16. The Morgan fingerprint density at radius 2 is 2.14 bits per heavy atom. The van der Waals surface area contributed by atoms with Gasteiger partial charge in [-0.15, -0.1) is 0 Å². The van der Waals surface area contributed by atoms with E-state index in [2.05, 4.69) is 5.32 Å². The zero-order valence-electron chi connectivity index (χ0n) is 11.6. The molecule has 0 aliphatic rings. The van der Waals surface area contributed by atoms with Gasteiger partial charge in [0.15, 0.2) is 0 Å². The molecular weight excluding hydrogens is 313 g/mol. The highest BCUT2D eigenvalue weighted by Crippen LogP contribution is 2.27. The summed E-state index contributed by atoms with van der Waals surface area (Å²) in [5, 5.41) is 14.1. The van der Waals surface area contributed by atoms with Crippen LogP contribution in [-0.2, 0) is 0 Å². The van der Waals surface area contributed by atoms with Gasteiger partial charge < -0.3 is 19.6 Å². The minimum Gasteiger partial charge on any atom is -0.489 e. The van der Waals surface area contributed by atoms with Crippen molar-refractivity contribution in [3.05, 3.63) is 52.4 Å². The zero-order valence-corrected chi connectivity index (χ0v) is 13.1. The summed E-state index contributed by atoms with van der Waals surface area (Å²) in [6, 6.07) is 8.68. The van der Waals surface area contributed by atoms with Crippen molar-refractivity contribution < 1.29 is 14.3 Å². The van der Waals surface area contributed by atoms with Crippen molar-refractivity contribution in [1.82, 2.24) is 5.32 Å². The van der Waals surface area contributed by atoms with Gasteiger partial charge in [0, 0.05) is 17.6 Å². The fourth-order valence-corrected chi connectivity index (χ4v) is 2.12. The van der Waals surface area contributed by atoms with Crippen molar-refractivity contribution >= 4 is 23.2 Å². The number of hydrogen-bond acceptors (Lipinski definition) is 4. The lowest BCUT2D eigenvalue weighted by atomic mass is 10.2. The number of nitrogens with one attached hydrogen (secondary N) is 1. The molecule has 2 unspecified atom stereocenters. The molecule has 2 aromatic rings.